The summed E-state index contributed by atoms with van der Waals surface area (Å²) in [7, 11) is 0. The van der Waals surface area contributed by atoms with E-state index in [2.05, 4.69) is 29.1 Å². The Morgan fingerprint density at radius 2 is 2.03 bits per heavy atom. The van der Waals surface area contributed by atoms with Crippen LogP contribution in [-0.4, -0.2) is 48.7 Å². The van der Waals surface area contributed by atoms with E-state index in [1.807, 2.05) is 12.1 Å². The summed E-state index contributed by atoms with van der Waals surface area (Å²) in [5, 5.41) is 2.65. The number of carbonyl (C=O) groups is 3. The van der Waals surface area contributed by atoms with Crippen molar-refractivity contribution in [1.29, 1.82) is 0 Å². The standard InChI is InChI=1S/C21H23N5O3S/c1-12(26-17(27)11-30-20(26)29)19(28)25-16-9-21(2,3)8-15-14(16)10-23-18(24-15)13-4-6-22-7-5-13/h4-7,10,12,16H,8-9,11H2,1-3H3,(H,25,28). The molecule has 1 aliphatic heterocycles. The average molecular weight is 426 g/mol. The van der Waals surface area contributed by atoms with Crippen LogP contribution in [0, 0.1) is 5.41 Å². The van der Waals surface area contributed by atoms with Crippen molar-refractivity contribution in [2.24, 2.45) is 5.41 Å². The number of rotatable bonds is 4. The van der Waals surface area contributed by atoms with Crippen molar-refractivity contribution in [3.8, 4) is 11.4 Å². The third-order valence-corrected chi connectivity index (χ3v) is 6.32. The van der Waals surface area contributed by atoms with Crippen molar-refractivity contribution in [2.45, 2.75) is 45.7 Å². The van der Waals surface area contributed by atoms with Gasteiger partial charge in [0.05, 0.1) is 17.5 Å². The summed E-state index contributed by atoms with van der Waals surface area (Å²) in [5.41, 5.74) is 2.58. The van der Waals surface area contributed by atoms with E-state index >= 15 is 0 Å². The zero-order valence-corrected chi connectivity index (χ0v) is 17.9. The number of amides is 3. The second-order valence-electron chi connectivity index (χ2n) is 8.43. The highest BCUT2D eigenvalue weighted by Gasteiger charge is 2.39. The van der Waals surface area contributed by atoms with E-state index < -0.39 is 6.04 Å². The first-order chi connectivity index (χ1) is 14.2. The van der Waals surface area contributed by atoms with Gasteiger partial charge in [0.2, 0.25) is 11.8 Å². The number of thioether (sulfide) groups is 1. The zero-order chi connectivity index (χ0) is 21.5. The molecule has 2 atom stereocenters. The summed E-state index contributed by atoms with van der Waals surface area (Å²) >= 11 is 0.926. The quantitative estimate of drug-likeness (QED) is 0.803. The van der Waals surface area contributed by atoms with Crippen molar-refractivity contribution >= 4 is 28.8 Å². The van der Waals surface area contributed by atoms with E-state index in [0.717, 1.165) is 39.9 Å². The van der Waals surface area contributed by atoms with Gasteiger partial charge < -0.3 is 5.32 Å². The molecule has 3 amide bonds. The second-order valence-corrected chi connectivity index (χ2v) is 9.36. The number of aromatic nitrogens is 3. The molecule has 1 saturated heterocycles. The molecule has 30 heavy (non-hydrogen) atoms. The van der Waals surface area contributed by atoms with E-state index in [9.17, 15) is 14.4 Å². The molecule has 0 bridgehead atoms. The van der Waals surface area contributed by atoms with Gasteiger partial charge in [-0.2, -0.15) is 0 Å². The minimum Gasteiger partial charge on any atom is -0.347 e. The lowest BCUT2D eigenvalue weighted by molar-refractivity contribution is -0.134. The van der Waals surface area contributed by atoms with Gasteiger partial charge in [-0.25, -0.2) is 9.97 Å². The lowest BCUT2D eigenvalue weighted by Gasteiger charge is -2.37. The smallest absolute Gasteiger partial charge is 0.289 e. The third kappa shape index (κ3) is 3.94. The molecule has 0 saturated carbocycles. The summed E-state index contributed by atoms with van der Waals surface area (Å²) in [6.45, 7) is 5.85. The third-order valence-electron chi connectivity index (χ3n) is 5.48. The summed E-state index contributed by atoms with van der Waals surface area (Å²) in [5.74, 6) is 0.0208. The Kier molecular flexibility index (Phi) is 5.31. The highest BCUT2D eigenvalue weighted by molar-refractivity contribution is 8.14. The minimum absolute atomic E-state index is 0.0762. The first-order valence-electron chi connectivity index (χ1n) is 9.80. The van der Waals surface area contributed by atoms with Gasteiger partial charge in [0.15, 0.2) is 5.82 Å². The number of carbonyl (C=O) groups excluding carboxylic acids is 3. The molecule has 1 fully saturated rings. The van der Waals surface area contributed by atoms with Crippen LogP contribution in [0.2, 0.25) is 0 Å². The monoisotopic (exact) mass is 425 g/mol. The Bertz CT molecular complexity index is 995. The molecule has 4 rings (SSSR count). The molecule has 0 spiro atoms. The molecule has 156 valence electrons. The van der Waals surface area contributed by atoms with Gasteiger partial charge in [-0.05, 0) is 37.3 Å². The molecule has 0 aromatic carbocycles. The van der Waals surface area contributed by atoms with Crippen molar-refractivity contribution in [2.75, 3.05) is 5.75 Å². The van der Waals surface area contributed by atoms with Crippen LogP contribution < -0.4 is 5.32 Å². The highest BCUT2D eigenvalue weighted by atomic mass is 32.2. The van der Waals surface area contributed by atoms with Crippen LogP contribution in [0.3, 0.4) is 0 Å². The van der Waals surface area contributed by atoms with Gasteiger partial charge in [0.1, 0.15) is 6.04 Å². The number of imide groups is 1. The van der Waals surface area contributed by atoms with Gasteiger partial charge in [-0.15, -0.1) is 0 Å². The molecule has 1 N–H and O–H groups in total. The molecule has 3 heterocycles. The fraction of sp³-hybridized carbons (Fsp3) is 0.429. The largest absolute Gasteiger partial charge is 0.347 e. The minimum atomic E-state index is -0.856. The van der Waals surface area contributed by atoms with Gasteiger partial charge in [0.25, 0.3) is 5.24 Å². The zero-order valence-electron chi connectivity index (χ0n) is 17.1. The Hall–Kier alpha value is -2.81. The number of hydrogen-bond acceptors (Lipinski definition) is 7. The maximum atomic E-state index is 12.9. The summed E-state index contributed by atoms with van der Waals surface area (Å²) in [6.07, 6.45) is 6.65. The number of nitrogens with one attached hydrogen (secondary N) is 1. The summed E-state index contributed by atoms with van der Waals surface area (Å²) in [4.78, 5) is 51.2. The number of fused-ring (bicyclic) bond motifs is 1. The van der Waals surface area contributed by atoms with Crippen molar-refractivity contribution < 1.29 is 14.4 Å². The number of hydrogen-bond donors (Lipinski definition) is 1. The topological polar surface area (TPSA) is 105 Å². The van der Waals surface area contributed by atoms with E-state index in [-0.39, 0.29) is 34.3 Å². The lowest BCUT2D eigenvalue weighted by atomic mass is 9.74. The first kappa shape index (κ1) is 20.5. The van der Waals surface area contributed by atoms with Crippen molar-refractivity contribution in [3.05, 3.63) is 42.0 Å². The maximum absolute atomic E-state index is 12.9. The fourth-order valence-electron chi connectivity index (χ4n) is 3.96. The molecule has 2 aromatic rings. The van der Waals surface area contributed by atoms with Gasteiger partial charge in [0, 0.05) is 29.7 Å². The Morgan fingerprint density at radius 1 is 1.30 bits per heavy atom. The molecule has 2 unspecified atom stereocenters. The average Bonchev–Trinajstić information content (AvgIpc) is 3.04. The first-order valence-corrected chi connectivity index (χ1v) is 10.8. The molecule has 0 radical (unpaired) electrons. The second kappa shape index (κ2) is 7.79. The van der Waals surface area contributed by atoms with Crippen LogP contribution in [0.5, 0.6) is 0 Å². The van der Waals surface area contributed by atoms with Crippen LogP contribution in [0.4, 0.5) is 4.79 Å². The predicted molar refractivity (Wildman–Crippen MR) is 112 cm³/mol. The lowest BCUT2D eigenvalue weighted by Crippen LogP contribution is -2.49. The van der Waals surface area contributed by atoms with Crippen LogP contribution in [-0.2, 0) is 16.0 Å². The normalized spacial score (nSPS) is 21.3. The molecule has 2 aromatic heterocycles. The van der Waals surface area contributed by atoms with Gasteiger partial charge in [-0.3, -0.25) is 24.3 Å². The SMILES string of the molecule is CC(C(=O)NC1CC(C)(C)Cc2nc(-c3ccncc3)ncc21)N1C(=O)CSC1=O. The molecule has 8 nitrogen and oxygen atoms in total. The van der Waals surface area contributed by atoms with Gasteiger partial charge in [-0.1, -0.05) is 25.6 Å². The Balaban J connectivity index is 1.59. The fourth-order valence-corrected chi connectivity index (χ4v) is 4.75. The maximum Gasteiger partial charge on any atom is 0.289 e. The molecular weight excluding hydrogens is 402 g/mol. The van der Waals surface area contributed by atoms with E-state index in [0.29, 0.717) is 12.2 Å². The van der Waals surface area contributed by atoms with Crippen LogP contribution in [0.15, 0.2) is 30.7 Å². The predicted octanol–water partition coefficient (Wildman–Crippen LogP) is 2.75. The number of nitrogens with zero attached hydrogens (tertiary/aromatic N) is 4. The van der Waals surface area contributed by atoms with E-state index in [1.54, 1.807) is 25.5 Å². The Morgan fingerprint density at radius 3 is 2.70 bits per heavy atom. The Labute approximate surface area is 178 Å². The summed E-state index contributed by atoms with van der Waals surface area (Å²) < 4.78 is 0. The van der Waals surface area contributed by atoms with E-state index in [1.165, 1.54) is 0 Å². The van der Waals surface area contributed by atoms with Crippen molar-refractivity contribution in [1.82, 2.24) is 25.2 Å². The van der Waals surface area contributed by atoms with E-state index in [4.69, 9.17) is 4.98 Å². The molecular formula is C21H23N5O3S. The number of pyridine rings is 1. The van der Waals surface area contributed by atoms with Crippen molar-refractivity contribution in [3.63, 3.8) is 0 Å². The summed E-state index contributed by atoms with van der Waals surface area (Å²) in [6, 6.07) is 2.58. The molecule has 1 aliphatic carbocycles. The van der Waals surface area contributed by atoms with Gasteiger partial charge >= 0.3 is 0 Å². The van der Waals surface area contributed by atoms with Crippen LogP contribution >= 0.6 is 11.8 Å². The molecule has 2 aliphatic rings. The van der Waals surface area contributed by atoms with Crippen LogP contribution in [0.25, 0.3) is 11.4 Å². The van der Waals surface area contributed by atoms with Crippen LogP contribution in [0.1, 0.15) is 44.5 Å². The molecule has 9 heteroatoms. The highest BCUT2D eigenvalue weighted by Crippen LogP contribution is 2.40.